The Balaban J connectivity index is 1.79. The smallest absolute Gasteiger partial charge is 0.240 e. The molecule has 2 aromatic rings. The molecule has 23 heavy (non-hydrogen) atoms. The summed E-state index contributed by atoms with van der Waals surface area (Å²) >= 11 is 0. The normalized spacial score (nSPS) is 17.7. The molecule has 0 radical (unpaired) electrons. The average Bonchev–Trinajstić information content (AvgIpc) is 2.55. The molecular formula is C18H22N2O2S. The van der Waals surface area contributed by atoms with Gasteiger partial charge in [0, 0.05) is 12.6 Å². The Morgan fingerprint density at radius 3 is 2.78 bits per heavy atom. The van der Waals surface area contributed by atoms with Crippen molar-refractivity contribution in [3.8, 4) is 0 Å². The van der Waals surface area contributed by atoms with Crippen LogP contribution < -0.4 is 10.0 Å². The van der Waals surface area contributed by atoms with Crippen molar-refractivity contribution in [3.05, 3.63) is 64.7 Å². The van der Waals surface area contributed by atoms with Gasteiger partial charge in [-0.1, -0.05) is 36.4 Å². The molecule has 1 aliphatic heterocycles. The van der Waals surface area contributed by atoms with Crippen molar-refractivity contribution in [2.75, 3.05) is 13.1 Å². The third-order valence-corrected chi connectivity index (χ3v) is 5.89. The molecule has 3 rings (SSSR count). The van der Waals surface area contributed by atoms with Gasteiger partial charge in [-0.3, -0.25) is 0 Å². The summed E-state index contributed by atoms with van der Waals surface area (Å²) in [6.07, 6.45) is 0.983. The topological polar surface area (TPSA) is 58.2 Å². The van der Waals surface area contributed by atoms with Crippen molar-refractivity contribution in [3.63, 3.8) is 0 Å². The van der Waals surface area contributed by atoms with Gasteiger partial charge in [0.1, 0.15) is 0 Å². The molecule has 0 amide bonds. The lowest BCUT2D eigenvalue weighted by Crippen LogP contribution is -2.39. The molecule has 0 fully saturated rings. The fraction of sp³-hybridized carbons (Fsp3) is 0.333. The van der Waals surface area contributed by atoms with E-state index in [4.69, 9.17) is 0 Å². The number of benzene rings is 2. The van der Waals surface area contributed by atoms with E-state index >= 15 is 0 Å². The summed E-state index contributed by atoms with van der Waals surface area (Å²) in [5.74, 6) is 0. The number of sulfonamides is 1. The van der Waals surface area contributed by atoms with Gasteiger partial charge < -0.3 is 5.32 Å². The molecule has 0 saturated heterocycles. The lowest BCUT2D eigenvalue weighted by Gasteiger charge is -2.27. The molecule has 0 aliphatic carbocycles. The standard InChI is InChI=1S/C18H22N2O2S/c1-13-7-8-14(2)18(11-13)23(21,22)20-12-17-16-6-4-3-5-15(16)9-10-19-17/h3-8,11,17,19-20H,9-10,12H2,1-2H3. The summed E-state index contributed by atoms with van der Waals surface area (Å²) in [6, 6.07) is 13.7. The molecule has 0 spiro atoms. The van der Waals surface area contributed by atoms with Crippen molar-refractivity contribution in [2.24, 2.45) is 0 Å². The third kappa shape index (κ3) is 3.47. The molecule has 2 N–H and O–H groups in total. The fourth-order valence-electron chi connectivity index (χ4n) is 3.04. The van der Waals surface area contributed by atoms with Gasteiger partial charge in [0.15, 0.2) is 0 Å². The van der Waals surface area contributed by atoms with Crippen LogP contribution in [0.2, 0.25) is 0 Å². The van der Waals surface area contributed by atoms with Crippen LogP contribution in [0.1, 0.15) is 28.3 Å². The van der Waals surface area contributed by atoms with Gasteiger partial charge in [-0.2, -0.15) is 0 Å². The Hall–Kier alpha value is -1.69. The predicted octanol–water partition coefficient (Wildman–Crippen LogP) is 2.47. The van der Waals surface area contributed by atoms with Gasteiger partial charge in [0.2, 0.25) is 10.0 Å². The molecule has 1 atom stereocenters. The van der Waals surface area contributed by atoms with Crippen LogP contribution in [-0.2, 0) is 16.4 Å². The maximum absolute atomic E-state index is 12.6. The van der Waals surface area contributed by atoms with Crippen LogP contribution in [0.3, 0.4) is 0 Å². The zero-order valence-electron chi connectivity index (χ0n) is 13.5. The monoisotopic (exact) mass is 330 g/mol. The summed E-state index contributed by atoms with van der Waals surface area (Å²) in [7, 11) is -3.51. The second-order valence-electron chi connectivity index (χ2n) is 6.08. The zero-order valence-corrected chi connectivity index (χ0v) is 14.3. The van der Waals surface area contributed by atoms with E-state index in [9.17, 15) is 8.42 Å². The highest BCUT2D eigenvalue weighted by molar-refractivity contribution is 7.89. The van der Waals surface area contributed by atoms with E-state index in [1.807, 2.05) is 38.1 Å². The molecule has 122 valence electrons. The van der Waals surface area contributed by atoms with Crippen LogP contribution in [0, 0.1) is 13.8 Å². The number of hydrogen-bond acceptors (Lipinski definition) is 3. The predicted molar refractivity (Wildman–Crippen MR) is 92.0 cm³/mol. The molecule has 0 saturated carbocycles. The number of aryl methyl sites for hydroxylation is 2. The number of nitrogens with one attached hydrogen (secondary N) is 2. The SMILES string of the molecule is Cc1ccc(C)c(S(=O)(=O)NCC2NCCc3ccccc32)c1. The van der Waals surface area contributed by atoms with Crippen molar-refractivity contribution in [1.82, 2.24) is 10.0 Å². The summed E-state index contributed by atoms with van der Waals surface area (Å²) in [5, 5.41) is 3.40. The molecule has 0 aromatic heterocycles. The van der Waals surface area contributed by atoms with Gasteiger partial charge in [-0.25, -0.2) is 13.1 Å². The first-order valence-corrected chi connectivity index (χ1v) is 9.34. The van der Waals surface area contributed by atoms with Crippen LogP contribution in [-0.4, -0.2) is 21.5 Å². The first kappa shape index (κ1) is 16.2. The Morgan fingerprint density at radius 2 is 1.96 bits per heavy atom. The van der Waals surface area contributed by atoms with Crippen LogP contribution in [0.5, 0.6) is 0 Å². The van der Waals surface area contributed by atoms with Crippen LogP contribution >= 0.6 is 0 Å². The van der Waals surface area contributed by atoms with Crippen molar-refractivity contribution < 1.29 is 8.42 Å². The third-order valence-electron chi connectivity index (χ3n) is 4.33. The summed E-state index contributed by atoms with van der Waals surface area (Å²) in [6.45, 7) is 4.94. The Kier molecular flexibility index (Phi) is 4.53. The molecule has 4 nitrogen and oxygen atoms in total. The van der Waals surface area contributed by atoms with Gasteiger partial charge in [0.25, 0.3) is 0 Å². The van der Waals surface area contributed by atoms with Crippen molar-refractivity contribution in [2.45, 2.75) is 31.2 Å². The first-order chi connectivity index (χ1) is 11.0. The van der Waals surface area contributed by atoms with Gasteiger partial charge in [-0.05, 0) is 55.1 Å². The van der Waals surface area contributed by atoms with Crippen LogP contribution in [0.15, 0.2) is 47.4 Å². The molecule has 0 bridgehead atoms. The lowest BCUT2D eigenvalue weighted by molar-refractivity contribution is 0.491. The number of rotatable bonds is 4. The highest BCUT2D eigenvalue weighted by Gasteiger charge is 2.23. The van der Waals surface area contributed by atoms with Crippen molar-refractivity contribution in [1.29, 1.82) is 0 Å². The minimum atomic E-state index is -3.51. The van der Waals surface area contributed by atoms with Gasteiger partial charge in [-0.15, -0.1) is 0 Å². The van der Waals surface area contributed by atoms with E-state index in [1.165, 1.54) is 11.1 Å². The Bertz CT molecular complexity index is 816. The molecular weight excluding hydrogens is 308 g/mol. The van der Waals surface area contributed by atoms with E-state index in [2.05, 4.69) is 22.2 Å². The van der Waals surface area contributed by atoms with Gasteiger partial charge >= 0.3 is 0 Å². The van der Waals surface area contributed by atoms with Crippen molar-refractivity contribution >= 4 is 10.0 Å². The Labute approximate surface area is 138 Å². The minimum Gasteiger partial charge on any atom is -0.308 e. The number of fused-ring (bicyclic) bond motifs is 1. The summed E-state index contributed by atoms with van der Waals surface area (Å²) < 4.78 is 28.0. The van der Waals surface area contributed by atoms with Crippen LogP contribution in [0.25, 0.3) is 0 Å². The van der Waals surface area contributed by atoms with E-state index < -0.39 is 10.0 Å². The minimum absolute atomic E-state index is 0.0137. The second kappa shape index (κ2) is 6.43. The molecule has 5 heteroatoms. The Morgan fingerprint density at radius 1 is 1.17 bits per heavy atom. The maximum atomic E-state index is 12.6. The summed E-state index contributed by atoms with van der Waals surface area (Å²) in [5.41, 5.74) is 4.18. The van der Waals surface area contributed by atoms with E-state index in [0.29, 0.717) is 11.4 Å². The largest absolute Gasteiger partial charge is 0.308 e. The number of hydrogen-bond donors (Lipinski definition) is 2. The lowest BCUT2D eigenvalue weighted by atomic mass is 9.95. The van der Waals surface area contributed by atoms with E-state index in [1.54, 1.807) is 6.07 Å². The highest BCUT2D eigenvalue weighted by Crippen LogP contribution is 2.23. The molecule has 1 unspecified atom stereocenters. The van der Waals surface area contributed by atoms with Crippen LogP contribution in [0.4, 0.5) is 0 Å². The molecule has 1 heterocycles. The van der Waals surface area contributed by atoms with Gasteiger partial charge in [0.05, 0.1) is 4.90 Å². The first-order valence-electron chi connectivity index (χ1n) is 7.85. The zero-order chi connectivity index (χ0) is 16.4. The fourth-order valence-corrected chi connectivity index (χ4v) is 4.42. The average molecular weight is 330 g/mol. The molecule has 1 aliphatic rings. The highest BCUT2D eigenvalue weighted by atomic mass is 32.2. The quantitative estimate of drug-likeness (QED) is 0.905. The van der Waals surface area contributed by atoms with E-state index in [-0.39, 0.29) is 6.04 Å². The molecule has 2 aromatic carbocycles. The maximum Gasteiger partial charge on any atom is 0.240 e. The van der Waals surface area contributed by atoms with E-state index in [0.717, 1.165) is 24.1 Å². The summed E-state index contributed by atoms with van der Waals surface area (Å²) in [4.78, 5) is 0.363. The second-order valence-corrected chi connectivity index (χ2v) is 7.81.